The van der Waals surface area contributed by atoms with Crippen LogP contribution in [0.5, 0.6) is 0 Å². The molecule has 1 aliphatic heterocycles. The van der Waals surface area contributed by atoms with Crippen LogP contribution in [-0.2, 0) is 9.47 Å². The third-order valence-electron chi connectivity index (χ3n) is 3.93. The second-order valence-electron chi connectivity index (χ2n) is 8.75. The highest BCUT2D eigenvalue weighted by Gasteiger charge is 2.26. The van der Waals surface area contributed by atoms with E-state index in [0.717, 1.165) is 0 Å². The minimum Gasteiger partial charge on any atom is -0.444 e. The molecule has 0 aliphatic carbocycles. The van der Waals surface area contributed by atoms with Crippen molar-refractivity contribution < 1.29 is 19.1 Å². The van der Waals surface area contributed by atoms with Crippen molar-refractivity contribution in [3.05, 3.63) is 0 Å². The van der Waals surface area contributed by atoms with Gasteiger partial charge in [-0.25, -0.2) is 9.59 Å². The zero-order valence-corrected chi connectivity index (χ0v) is 18.4. The molecule has 0 saturated carbocycles. The van der Waals surface area contributed by atoms with Gasteiger partial charge in [-0.05, 0) is 48.5 Å². The second-order valence-corrected chi connectivity index (χ2v) is 8.75. The minimum absolute atomic E-state index is 0.307. The number of nitrogens with two attached hydrogens (primary N) is 1. The number of ether oxygens (including phenoxy) is 2. The van der Waals surface area contributed by atoms with Crippen molar-refractivity contribution in [3.8, 4) is 0 Å². The number of carbonyl (C=O) groups is 2. The Hall–Kier alpha value is -2.19. The van der Waals surface area contributed by atoms with Crippen LogP contribution in [0.3, 0.4) is 0 Å². The molecule has 28 heavy (non-hydrogen) atoms. The number of piperazine rings is 1. The molecular weight excluding hydrogens is 362 g/mol. The first-order valence-corrected chi connectivity index (χ1v) is 9.83. The highest BCUT2D eigenvalue weighted by molar-refractivity contribution is 5.78. The molecule has 0 unspecified atom stereocenters. The van der Waals surface area contributed by atoms with Crippen molar-refractivity contribution in [2.75, 3.05) is 45.8 Å². The largest absolute Gasteiger partial charge is 0.444 e. The first-order valence-electron chi connectivity index (χ1n) is 9.83. The Bertz CT molecular complexity index is 558. The van der Waals surface area contributed by atoms with E-state index in [9.17, 15) is 9.59 Å². The van der Waals surface area contributed by atoms with Crippen molar-refractivity contribution in [1.29, 1.82) is 0 Å². The van der Waals surface area contributed by atoms with E-state index in [1.54, 1.807) is 9.80 Å². The number of likely N-dealkylation sites (N-methyl/N-ethyl adjacent to an activating group) is 1. The van der Waals surface area contributed by atoms with Crippen LogP contribution in [0.1, 0.15) is 48.5 Å². The molecular formula is C19H37N5O4. The van der Waals surface area contributed by atoms with E-state index in [4.69, 9.17) is 15.2 Å². The van der Waals surface area contributed by atoms with Gasteiger partial charge < -0.3 is 29.9 Å². The topological polar surface area (TPSA) is 101 Å². The number of hydrogen-bond acceptors (Lipinski definition) is 5. The molecule has 0 aromatic carbocycles. The average Bonchev–Trinajstić information content (AvgIpc) is 2.55. The molecule has 9 nitrogen and oxygen atoms in total. The lowest BCUT2D eigenvalue weighted by Crippen LogP contribution is -2.53. The van der Waals surface area contributed by atoms with E-state index < -0.39 is 11.2 Å². The number of rotatable bonds is 4. The summed E-state index contributed by atoms with van der Waals surface area (Å²) in [7, 11) is 0. The summed E-state index contributed by atoms with van der Waals surface area (Å²) in [5.74, 6) is 0.420. The third kappa shape index (κ3) is 8.67. The monoisotopic (exact) mass is 399 g/mol. The van der Waals surface area contributed by atoms with E-state index in [0.29, 0.717) is 51.8 Å². The molecule has 2 N–H and O–H groups in total. The average molecular weight is 400 g/mol. The van der Waals surface area contributed by atoms with Gasteiger partial charge in [0, 0.05) is 39.3 Å². The maximum Gasteiger partial charge on any atom is 0.410 e. The summed E-state index contributed by atoms with van der Waals surface area (Å²) < 4.78 is 10.8. The Labute approximate surface area is 168 Å². The fourth-order valence-corrected chi connectivity index (χ4v) is 2.53. The van der Waals surface area contributed by atoms with Crippen molar-refractivity contribution in [1.82, 2.24) is 14.7 Å². The minimum atomic E-state index is -0.527. The molecule has 2 amide bonds. The molecule has 0 spiro atoms. The predicted octanol–water partition coefficient (Wildman–Crippen LogP) is 2.11. The fraction of sp³-hybridized carbons (Fsp3) is 0.842. The van der Waals surface area contributed by atoms with Gasteiger partial charge in [0.05, 0.1) is 6.54 Å². The number of carbonyl (C=O) groups excluding carboxylic acids is 2. The van der Waals surface area contributed by atoms with Crippen LogP contribution in [0.4, 0.5) is 9.59 Å². The summed E-state index contributed by atoms with van der Waals surface area (Å²) in [6, 6.07) is 0. The summed E-state index contributed by atoms with van der Waals surface area (Å²) in [4.78, 5) is 33.8. The molecule has 1 rings (SSSR count). The molecule has 1 fully saturated rings. The quantitative estimate of drug-likeness (QED) is 0.574. The van der Waals surface area contributed by atoms with Crippen LogP contribution >= 0.6 is 0 Å². The normalized spacial score (nSPS) is 16.0. The summed E-state index contributed by atoms with van der Waals surface area (Å²) in [6.07, 6.45) is -0.659. The first kappa shape index (κ1) is 23.8. The maximum absolute atomic E-state index is 12.1. The van der Waals surface area contributed by atoms with Crippen LogP contribution < -0.4 is 5.73 Å². The SMILES string of the molecule is CCN(CCN=C(N)N1CCN(C(=O)OC(C)(C)C)CC1)C(=O)OC(C)(C)C. The molecule has 9 heteroatoms. The molecule has 0 aromatic heterocycles. The maximum atomic E-state index is 12.1. The van der Waals surface area contributed by atoms with Gasteiger partial charge in [-0.3, -0.25) is 4.99 Å². The highest BCUT2D eigenvalue weighted by Crippen LogP contribution is 2.12. The van der Waals surface area contributed by atoms with E-state index in [2.05, 4.69) is 4.99 Å². The lowest BCUT2D eigenvalue weighted by molar-refractivity contribution is 0.0186. The van der Waals surface area contributed by atoms with Gasteiger partial charge in [0.2, 0.25) is 0 Å². The molecule has 1 heterocycles. The van der Waals surface area contributed by atoms with E-state index in [-0.39, 0.29) is 12.2 Å². The van der Waals surface area contributed by atoms with Crippen molar-refractivity contribution in [2.24, 2.45) is 10.7 Å². The summed E-state index contributed by atoms with van der Waals surface area (Å²) in [5.41, 5.74) is 5.05. The van der Waals surface area contributed by atoms with Gasteiger partial charge in [-0.2, -0.15) is 0 Å². The Balaban J connectivity index is 2.46. The molecule has 0 atom stereocenters. The van der Waals surface area contributed by atoms with Gasteiger partial charge in [0.1, 0.15) is 11.2 Å². The number of nitrogens with zero attached hydrogens (tertiary/aromatic N) is 4. The smallest absolute Gasteiger partial charge is 0.410 e. The van der Waals surface area contributed by atoms with E-state index in [1.807, 2.05) is 53.4 Å². The zero-order valence-electron chi connectivity index (χ0n) is 18.4. The predicted molar refractivity (Wildman–Crippen MR) is 109 cm³/mol. The van der Waals surface area contributed by atoms with Gasteiger partial charge in [-0.1, -0.05) is 0 Å². The van der Waals surface area contributed by atoms with Gasteiger partial charge in [-0.15, -0.1) is 0 Å². The second kappa shape index (κ2) is 9.84. The molecule has 0 radical (unpaired) electrons. The lowest BCUT2D eigenvalue weighted by atomic mass is 10.2. The number of amides is 2. The molecule has 162 valence electrons. The molecule has 1 aliphatic rings. The van der Waals surface area contributed by atoms with E-state index in [1.165, 1.54) is 0 Å². The number of guanidine groups is 1. The molecule has 1 saturated heterocycles. The van der Waals surface area contributed by atoms with Gasteiger partial charge >= 0.3 is 12.2 Å². The van der Waals surface area contributed by atoms with Crippen molar-refractivity contribution >= 4 is 18.1 Å². The Morgan fingerprint density at radius 2 is 1.46 bits per heavy atom. The third-order valence-corrected chi connectivity index (χ3v) is 3.93. The van der Waals surface area contributed by atoms with Gasteiger partial charge in [0.15, 0.2) is 5.96 Å². The lowest BCUT2D eigenvalue weighted by Gasteiger charge is -2.36. The Morgan fingerprint density at radius 3 is 1.93 bits per heavy atom. The van der Waals surface area contributed by atoms with Crippen LogP contribution in [0, 0.1) is 0 Å². The molecule has 0 bridgehead atoms. The zero-order chi connectivity index (χ0) is 21.5. The van der Waals surface area contributed by atoms with E-state index >= 15 is 0 Å². The summed E-state index contributed by atoms with van der Waals surface area (Å²) in [5, 5.41) is 0. The summed E-state index contributed by atoms with van der Waals surface area (Å²) in [6.45, 7) is 16.6. The van der Waals surface area contributed by atoms with Crippen molar-refractivity contribution in [2.45, 2.75) is 59.7 Å². The number of aliphatic imine (C=N–C) groups is 1. The van der Waals surface area contributed by atoms with Crippen LogP contribution in [-0.4, -0.2) is 89.9 Å². The summed E-state index contributed by atoms with van der Waals surface area (Å²) >= 11 is 0. The highest BCUT2D eigenvalue weighted by atomic mass is 16.6. The van der Waals surface area contributed by atoms with Gasteiger partial charge in [0.25, 0.3) is 0 Å². The standard InChI is InChI=1S/C19H37N5O4/c1-8-22(16(25)27-18(2,3)4)10-9-21-15(20)23-11-13-24(14-12-23)17(26)28-19(5,6)7/h8-14H2,1-7H3,(H2,20,21). The Morgan fingerprint density at radius 1 is 0.964 bits per heavy atom. The van der Waals surface area contributed by atoms with Crippen LogP contribution in [0.25, 0.3) is 0 Å². The Kier molecular flexibility index (Phi) is 8.38. The van der Waals surface area contributed by atoms with Crippen LogP contribution in [0.15, 0.2) is 4.99 Å². The fourth-order valence-electron chi connectivity index (χ4n) is 2.53. The van der Waals surface area contributed by atoms with Crippen molar-refractivity contribution in [3.63, 3.8) is 0 Å². The number of hydrogen-bond donors (Lipinski definition) is 1. The first-order chi connectivity index (χ1) is 12.8. The van der Waals surface area contributed by atoms with Crippen LogP contribution in [0.2, 0.25) is 0 Å². The molecule has 0 aromatic rings.